The Kier molecular flexibility index (Phi) is 4.61. The van der Waals surface area contributed by atoms with E-state index in [1.165, 1.54) is 0 Å². The van der Waals surface area contributed by atoms with Crippen LogP contribution in [0.4, 0.5) is 0 Å². The van der Waals surface area contributed by atoms with Crippen molar-refractivity contribution in [1.29, 1.82) is 0 Å². The molecule has 1 rings (SSSR count). The van der Waals surface area contributed by atoms with E-state index in [4.69, 9.17) is 4.74 Å². The van der Waals surface area contributed by atoms with Crippen LogP contribution in [0.15, 0.2) is 28.7 Å². The molecule has 0 aliphatic rings. The summed E-state index contributed by atoms with van der Waals surface area (Å²) in [7, 11) is 0. The number of nitrogens with one attached hydrogen (secondary N) is 1. The summed E-state index contributed by atoms with van der Waals surface area (Å²) in [6.45, 7) is 7.97. The summed E-state index contributed by atoms with van der Waals surface area (Å²) in [5, 5.41) is 3.37. The molecule has 0 fully saturated rings. The molecular weight excluding hydrogens is 254 g/mol. The van der Waals surface area contributed by atoms with Gasteiger partial charge in [0.1, 0.15) is 12.4 Å². The molecule has 0 saturated carbocycles. The Labute approximate surface area is 100 Å². The molecule has 1 aromatic rings. The monoisotopic (exact) mass is 271 g/mol. The maximum absolute atomic E-state index is 5.62. The lowest BCUT2D eigenvalue weighted by molar-refractivity contribution is 0.289. The van der Waals surface area contributed by atoms with E-state index in [9.17, 15) is 0 Å². The summed E-state index contributed by atoms with van der Waals surface area (Å²) in [4.78, 5) is 0. The van der Waals surface area contributed by atoms with E-state index in [1.54, 1.807) is 0 Å². The number of para-hydroxylation sites is 1. The standard InChI is InChI=1S/C12H18BrNO/c1-12(2,3)14-8-9-15-11-7-5-4-6-10(11)13/h4-7,14H,8-9H2,1-3H3. The zero-order valence-electron chi connectivity index (χ0n) is 9.51. The lowest BCUT2D eigenvalue weighted by Gasteiger charge is -2.20. The van der Waals surface area contributed by atoms with Gasteiger partial charge in [0.25, 0.3) is 0 Å². The van der Waals surface area contributed by atoms with E-state index in [0.29, 0.717) is 6.61 Å². The molecule has 0 radical (unpaired) electrons. The van der Waals surface area contributed by atoms with Crippen molar-refractivity contribution in [3.05, 3.63) is 28.7 Å². The first-order chi connectivity index (χ1) is 6.99. The fourth-order valence-corrected chi connectivity index (χ4v) is 1.55. The summed E-state index contributed by atoms with van der Waals surface area (Å²) in [6.07, 6.45) is 0. The van der Waals surface area contributed by atoms with Gasteiger partial charge in [-0.1, -0.05) is 12.1 Å². The van der Waals surface area contributed by atoms with Crippen molar-refractivity contribution in [3.8, 4) is 5.75 Å². The molecule has 0 atom stereocenters. The molecule has 1 N–H and O–H groups in total. The van der Waals surface area contributed by atoms with E-state index in [0.717, 1.165) is 16.8 Å². The van der Waals surface area contributed by atoms with Crippen molar-refractivity contribution in [1.82, 2.24) is 5.32 Å². The lowest BCUT2D eigenvalue weighted by atomic mass is 10.1. The van der Waals surface area contributed by atoms with Crippen LogP contribution in [0.3, 0.4) is 0 Å². The summed E-state index contributed by atoms with van der Waals surface area (Å²) in [6, 6.07) is 7.88. The Morgan fingerprint density at radius 2 is 1.93 bits per heavy atom. The fourth-order valence-electron chi connectivity index (χ4n) is 1.15. The highest BCUT2D eigenvalue weighted by Crippen LogP contribution is 2.23. The zero-order chi connectivity index (χ0) is 11.3. The fraction of sp³-hybridized carbons (Fsp3) is 0.500. The van der Waals surface area contributed by atoms with Crippen LogP contribution in [0.2, 0.25) is 0 Å². The second-order valence-corrected chi connectivity index (χ2v) is 5.31. The largest absolute Gasteiger partial charge is 0.491 e. The molecular formula is C12H18BrNO. The molecule has 0 bridgehead atoms. The third-order valence-corrected chi connectivity index (χ3v) is 2.51. The third-order valence-electron chi connectivity index (χ3n) is 1.85. The Balaban J connectivity index is 2.30. The van der Waals surface area contributed by atoms with Crippen molar-refractivity contribution in [2.75, 3.05) is 13.2 Å². The van der Waals surface area contributed by atoms with Crippen molar-refractivity contribution in [3.63, 3.8) is 0 Å². The Morgan fingerprint density at radius 3 is 2.53 bits per heavy atom. The number of halogens is 1. The van der Waals surface area contributed by atoms with Crippen molar-refractivity contribution < 1.29 is 4.74 Å². The van der Waals surface area contributed by atoms with Crippen LogP contribution in [0, 0.1) is 0 Å². The van der Waals surface area contributed by atoms with Gasteiger partial charge in [-0.3, -0.25) is 0 Å². The first kappa shape index (κ1) is 12.5. The molecule has 0 spiro atoms. The first-order valence-electron chi connectivity index (χ1n) is 5.11. The highest BCUT2D eigenvalue weighted by Gasteiger charge is 2.07. The summed E-state index contributed by atoms with van der Waals surface area (Å²) in [5.41, 5.74) is 0.150. The maximum Gasteiger partial charge on any atom is 0.133 e. The minimum absolute atomic E-state index is 0.150. The molecule has 0 aliphatic heterocycles. The molecule has 0 saturated heterocycles. The molecule has 0 heterocycles. The first-order valence-corrected chi connectivity index (χ1v) is 5.91. The zero-order valence-corrected chi connectivity index (χ0v) is 11.1. The van der Waals surface area contributed by atoms with Gasteiger partial charge in [0, 0.05) is 12.1 Å². The summed E-state index contributed by atoms with van der Waals surface area (Å²) in [5.74, 6) is 0.896. The van der Waals surface area contributed by atoms with Gasteiger partial charge in [-0.25, -0.2) is 0 Å². The van der Waals surface area contributed by atoms with E-state index in [-0.39, 0.29) is 5.54 Å². The normalized spacial score (nSPS) is 11.5. The predicted molar refractivity (Wildman–Crippen MR) is 67.4 cm³/mol. The summed E-state index contributed by atoms with van der Waals surface area (Å²) >= 11 is 3.44. The average molecular weight is 272 g/mol. The van der Waals surface area contributed by atoms with Crippen LogP contribution in [-0.2, 0) is 0 Å². The van der Waals surface area contributed by atoms with Gasteiger partial charge in [-0.15, -0.1) is 0 Å². The van der Waals surface area contributed by atoms with E-state index in [1.807, 2.05) is 24.3 Å². The molecule has 0 aliphatic carbocycles. The van der Waals surface area contributed by atoms with Gasteiger partial charge in [-0.2, -0.15) is 0 Å². The highest BCUT2D eigenvalue weighted by atomic mass is 79.9. The van der Waals surface area contributed by atoms with Crippen LogP contribution < -0.4 is 10.1 Å². The minimum Gasteiger partial charge on any atom is -0.491 e. The van der Waals surface area contributed by atoms with Crippen LogP contribution in [0.25, 0.3) is 0 Å². The molecule has 0 unspecified atom stereocenters. The SMILES string of the molecule is CC(C)(C)NCCOc1ccccc1Br. The van der Waals surface area contributed by atoms with Gasteiger partial charge in [0.15, 0.2) is 0 Å². The predicted octanol–water partition coefficient (Wildman–Crippen LogP) is 3.22. The van der Waals surface area contributed by atoms with Crippen LogP contribution in [-0.4, -0.2) is 18.7 Å². The van der Waals surface area contributed by atoms with Crippen LogP contribution in [0.5, 0.6) is 5.75 Å². The number of ether oxygens (including phenoxy) is 1. The summed E-state index contributed by atoms with van der Waals surface area (Å²) < 4.78 is 6.62. The minimum atomic E-state index is 0.150. The van der Waals surface area contributed by atoms with E-state index < -0.39 is 0 Å². The number of rotatable bonds is 4. The Morgan fingerprint density at radius 1 is 1.27 bits per heavy atom. The second-order valence-electron chi connectivity index (χ2n) is 4.46. The Hall–Kier alpha value is -0.540. The molecule has 84 valence electrons. The second kappa shape index (κ2) is 5.52. The van der Waals surface area contributed by atoms with Crippen molar-refractivity contribution in [2.45, 2.75) is 26.3 Å². The average Bonchev–Trinajstić information content (AvgIpc) is 2.13. The van der Waals surface area contributed by atoms with Crippen LogP contribution in [0.1, 0.15) is 20.8 Å². The van der Waals surface area contributed by atoms with Gasteiger partial charge in [0.05, 0.1) is 4.47 Å². The van der Waals surface area contributed by atoms with Crippen molar-refractivity contribution >= 4 is 15.9 Å². The quantitative estimate of drug-likeness (QED) is 0.850. The molecule has 3 heteroatoms. The van der Waals surface area contributed by atoms with Gasteiger partial charge < -0.3 is 10.1 Å². The van der Waals surface area contributed by atoms with Gasteiger partial charge >= 0.3 is 0 Å². The third kappa shape index (κ3) is 5.19. The smallest absolute Gasteiger partial charge is 0.133 e. The molecule has 15 heavy (non-hydrogen) atoms. The maximum atomic E-state index is 5.62. The highest BCUT2D eigenvalue weighted by molar-refractivity contribution is 9.10. The molecule has 0 aromatic heterocycles. The van der Waals surface area contributed by atoms with Crippen LogP contribution >= 0.6 is 15.9 Å². The number of hydrogen-bond acceptors (Lipinski definition) is 2. The topological polar surface area (TPSA) is 21.3 Å². The molecule has 0 amide bonds. The van der Waals surface area contributed by atoms with Gasteiger partial charge in [0.2, 0.25) is 0 Å². The van der Waals surface area contributed by atoms with E-state index in [2.05, 4.69) is 42.0 Å². The number of benzene rings is 1. The van der Waals surface area contributed by atoms with Crippen molar-refractivity contribution in [2.24, 2.45) is 0 Å². The Bertz CT molecular complexity index is 307. The molecule has 1 aromatic carbocycles. The number of hydrogen-bond donors (Lipinski definition) is 1. The van der Waals surface area contributed by atoms with E-state index >= 15 is 0 Å². The molecule has 2 nitrogen and oxygen atoms in total. The van der Waals surface area contributed by atoms with Gasteiger partial charge in [-0.05, 0) is 48.8 Å². The lowest BCUT2D eigenvalue weighted by Crippen LogP contribution is -2.38.